The third-order valence-electron chi connectivity index (χ3n) is 7.36. The van der Waals surface area contributed by atoms with Crippen LogP contribution in [0.2, 0.25) is 0 Å². The number of fused-ring (bicyclic) bond motifs is 1. The van der Waals surface area contributed by atoms with Crippen LogP contribution in [0, 0.1) is 26.7 Å². The van der Waals surface area contributed by atoms with Gasteiger partial charge in [-0.2, -0.15) is 5.10 Å². The molecule has 34 heavy (non-hydrogen) atoms. The maximum absolute atomic E-state index is 12.5. The van der Waals surface area contributed by atoms with Gasteiger partial charge in [-0.25, -0.2) is 0 Å². The van der Waals surface area contributed by atoms with E-state index in [4.69, 9.17) is 4.74 Å². The summed E-state index contributed by atoms with van der Waals surface area (Å²) in [4.78, 5) is 16.9. The Hall–Kier alpha value is -3.19. The Balaban J connectivity index is 1.37. The van der Waals surface area contributed by atoms with Gasteiger partial charge >= 0.3 is 0 Å². The topological polar surface area (TPSA) is 70.6 Å². The molecule has 2 fully saturated rings. The van der Waals surface area contributed by atoms with Crippen LogP contribution in [-0.2, 0) is 9.53 Å². The van der Waals surface area contributed by atoms with E-state index in [1.165, 1.54) is 16.7 Å². The summed E-state index contributed by atoms with van der Waals surface area (Å²) in [5.41, 5.74) is 5.93. The lowest BCUT2D eigenvalue weighted by molar-refractivity contribution is -0.150. The highest BCUT2D eigenvalue weighted by Crippen LogP contribution is 2.31. The minimum Gasteiger partial charge on any atom is -0.380 e. The number of amides is 1. The summed E-state index contributed by atoms with van der Waals surface area (Å²) in [6.45, 7) is 12.8. The molecule has 2 aliphatic rings. The van der Waals surface area contributed by atoms with E-state index in [9.17, 15) is 4.79 Å². The quantitative estimate of drug-likeness (QED) is 0.621. The van der Waals surface area contributed by atoms with E-state index >= 15 is 0 Å². The zero-order valence-corrected chi connectivity index (χ0v) is 20.5. The Morgan fingerprint density at radius 2 is 1.79 bits per heavy atom. The average molecular weight is 460 g/mol. The van der Waals surface area contributed by atoms with Gasteiger partial charge in [-0.1, -0.05) is 24.3 Å². The van der Waals surface area contributed by atoms with Gasteiger partial charge < -0.3 is 19.9 Å². The van der Waals surface area contributed by atoms with Crippen molar-refractivity contribution in [3.05, 3.63) is 58.8 Å². The van der Waals surface area contributed by atoms with Crippen molar-refractivity contribution in [2.45, 2.75) is 33.7 Å². The molecule has 0 aliphatic carbocycles. The van der Waals surface area contributed by atoms with Crippen molar-refractivity contribution in [2.24, 2.45) is 5.92 Å². The van der Waals surface area contributed by atoms with E-state index in [2.05, 4.69) is 77.6 Å². The van der Waals surface area contributed by atoms with Crippen molar-refractivity contribution in [1.29, 1.82) is 0 Å². The number of piperazine rings is 1. The molecule has 3 heterocycles. The summed E-state index contributed by atoms with van der Waals surface area (Å²) in [5, 5.41) is 14.7. The van der Waals surface area contributed by atoms with Gasteiger partial charge in [0.05, 0.1) is 30.9 Å². The summed E-state index contributed by atoms with van der Waals surface area (Å²) >= 11 is 0. The van der Waals surface area contributed by atoms with Crippen molar-refractivity contribution in [3.8, 4) is 0 Å². The third kappa shape index (κ3) is 4.20. The van der Waals surface area contributed by atoms with E-state index in [1.807, 2.05) is 11.8 Å². The summed E-state index contributed by atoms with van der Waals surface area (Å²) < 4.78 is 5.19. The zero-order chi connectivity index (χ0) is 23.8. The summed E-state index contributed by atoms with van der Waals surface area (Å²) in [6, 6.07) is 13.0. The van der Waals surface area contributed by atoms with Gasteiger partial charge in [0.25, 0.3) is 0 Å². The maximum Gasteiger partial charge on any atom is 0.230 e. The van der Waals surface area contributed by atoms with Crippen LogP contribution in [-0.4, -0.2) is 60.4 Å². The molecule has 178 valence electrons. The van der Waals surface area contributed by atoms with Crippen LogP contribution in [0.3, 0.4) is 0 Å². The zero-order valence-electron chi connectivity index (χ0n) is 20.5. The molecule has 0 spiro atoms. The second-order valence-corrected chi connectivity index (χ2v) is 9.57. The third-order valence-corrected chi connectivity index (χ3v) is 7.36. The first-order valence-electron chi connectivity index (χ1n) is 12.1. The second-order valence-electron chi connectivity index (χ2n) is 9.57. The Labute approximate surface area is 201 Å². The largest absolute Gasteiger partial charge is 0.380 e. The monoisotopic (exact) mass is 459 g/mol. The first-order valence-corrected chi connectivity index (χ1v) is 12.1. The number of benzene rings is 2. The predicted octanol–water partition coefficient (Wildman–Crippen LogP) is 4.02. The Morgan fingerprint density at radius 3 is 2.50 bits per heavy atom. The lowest BCUT2D eigenvalue weighted by atomic mass is 9.98. The van der Waals surface area contributed by atoms with Crippen LogP contribution in [0.1, 0.15) is 35.3 Å². The number of aromatic nitrogens is 2. The molecule has 7 nitrogen and oxygen atoms in total. The van der Waals surface area contributed by atoms with Crippen LogP contribution in [0.4, 0.5) is 11.5 Å². The van der Waals surface area contributed by atoms with Gasteiger partial charge in [-0.3, -0.25) is 4.79 Å². The normalized spacial score (nSPS) is 17.5. The van der Waals surface area contributed by atoms with Gasteiger partial charge in [-0.15, -0.1) is 5.10 Å². The molecular weight excluding hydrogens is 426 g/mol. The highest BCUT2D eigenvalue weighted by atomic mass is 16.5. The van der Waals surface area contributed by atoms with E-state index in [0.29, 0.717) is 13.2 Å². The van der Waals surface area contributed by atoms with Crippen LogP contribution in [0.15, 0.2) is 36.4 Å². The number of ether oxygens (including phenoxy) is 1. The van der Waals surface area contributed by atoms with Crippen LogP contribution in [0.25, 0.3) is 10.8 Å². The molecule has 5 rings (SSSR count). The standard InChI is InChI=1S/C27H33N5O2/c1-17-6-5-7-23(18(17)2)19(3)28-26-25-14-22(8-9-24(25)20(4)29-30-26)31-10-12-32(13-11-31)27(33)21-15-34-16-21/h5-9,14,19,21H,10-13,15-16H2,1-4H3,(H,28,30)/t19-/m1/s1. The number of hydrogen-bond acceptors (Lipinski definition) is 6. The van der Waals surface area contributed by atoms with Crippen molar-refractivity contribution in [2.75, 3.05) is 49.6 Å². The molecule has 2 aromatic carbocycles. The molecule has 3 aromatic rings. The molecular formula is C27H33N5O2. The van der Waals surface area contributed by atoms with E-state index in [1.54, 1.807) is 0 Å². The van der Waals surface area contributed by atoms with Gasteiger partial charge in [0.15, 0.2) is 5.82 Å². The molecule has 0 bridgehead atoms. The molecule has 1 N–H and O–H groups in total. The minimum atomic E-state index is 0.0569. The van der Waals surface area contributed by atoms with Gasteiger partial charge in [0, 0.05) is 42.6 Å². The highest BCUT2D eigenvalue weighted by Gasteiger charge is 2.32. The predicted molar refractivity (Wildman–Crippen MR) is 135 cm³/mol. The van der Waals surface area contributed by atoms with E-state index in [0.717, 1.165) is 54.2 Å². The van der Waals surface area contributed by atoms with Crippen molar-refractivity contribution < 1.29 is 9.53 Å². The van der Waals surface area contributed by atoms with Crippen molar-refractivity contribution in [1.82, 2.24) is 15.1 Å². The number of hydrogen-bond donors (Lipinski definition) is 1. The molecule has 7 heteroatoms. The summed E-state index contributed by atoms with van der Waals surface area (Å²) in [7, 11) is 0. The number of aryl methyl sites for hydroxylation is 2. The van der Waals surface area contributed by atoms with Crippen LogP contribution >= 0.6 is 0 Å². The van der Waals surface area contributed by atoms with Gasteiger partial charge in [-0.05, 0) is 56.5 Å². The molecule has 0 unspecified atom stereocenters. The molecule has 0 saturated carbocycles. The fourth-order valence-corrected chi connectivity index (χ4v) is 4.93. The number of nitrogens with zero attached hydrogens (tertiary/aromatic N) is 4. The molecule has 1 atom stereocenters. The van der Waals surface area contributed by atoms with Crippen molar-refractivity contribution >= 4 is 28.2 Å². The number of carbonyl (C=O) groups is 1. The Morgan fingerprint density at radius 1 is 1.03 bits per heavy atom. The number of rotatable bonds is 5. The van der Waals surface area contributed by atoms with Crippen LogP contribution in [0.5, 0.6) is 0 Å². The molecule has 2 aliphatic heterocycles. The smallest absolute Gasteiger partial charge is 0.230 e. The maximum atomic E-state index is 12.5. The fourth-order valence-electron chi connectivity index (χ4n) is 4.93. The molecule has 1 aromatic heterocycles. The first kappa shape index (κ1) is 22.6. The first-order chi connectivity index (χ1) is 16.4. The number of carbonyl (C=O) groups excluding carboxylic acids is 1. The van der Waals surface area contributed by atoms with E-state index < -0.39 is 0 Å². The van der Waals surface area contributed by atoms with Crippen LogP contribution < -0.4 is 10.2 Å². The second kappa shape index (κ2) is 9.22. The van der Waals surface area contributed by atoms with Gasteiger partial charge in [0.1, 0.15) is 0 Å². The lowest BCUT2D eigenvalue weighted by Gasteiger charge is -2.39. The number of nitrogens with one attached hydrogen (secondary N) is 1. The number of anilines is 2. The van der Waals surface area contributed by atoms with E-state index in [-0.39, 0.29) is 17.9 Å². The lowest BCUT2D eigenvalue weighted by Crippen LogP contribution is -2.53. The average Bonchev–Trinajstić information content (AvgIpc) is 2.81. The summed E-state index contributed by atoms with van der Waals surface area (Å²) in [5.74, 6) is 1.10. The molecule has 2 saturated heterocycles. The van der Waals surface area contributed by atoms with Gasteiger partial charge in [0.2, 0.25) is 5.91 Å². The molecule has 0 radical (unpaired) electrons. The fraction of sp³-hybridized carbons (Fsp3) is 0.444. The van der Waals surface area contributed by atoms with Crippen molar-refractivity contribution in [3.63, 3.8) is 0 Å². The Kier molecular flexibility index (Phi) is 6.13. The SMILES string of the molecule is Cc1cccc([C@@H](C)Nc2nnc(C)c3ccc(N4CCN(C(=O)C5COC5)CC4)cc23)c1C. The highest BCUT2D eigenvalue weighted by molar-refractivity contribution is 5.95. The Bertz CT molecular complexity index is 1220. The molecule has 1 amide bonds. The summed E-state index contributed by atoms with van der Waals surface area (Å²) in [6.07, 6.45) is 0. The minimum absolute atomic E-state index is 0.0569.